The molecular formula is C40H44N4O4S. The maximum absolute atomic E-state index is 13.5. The number of nitrogens with one attached hydrogen (secondary N) is 1. The number of carbonyl (C=O) groups is 3. The molecule has 9 heteroatoms. The molecule has 8 nitrogen and oxygen atoms in total. The minimum Gasteiger partial charge on any atom is -0.445 e. The molecule has 1 saturated heterocycles. The number of aromatic nitrogens is 2. The van der Waals surface area contributed by atoms with Crippen molar-refractivity contribution in [3.8, 4) is 22.5 Å². The summed E-state index contributed by atoms with van der Waals surface area (Å²) in [6.07, 6.45) is 11.6. The van der Waals surface area contributed by atoms with E-state index in [0.717, 1.165) is 33.7 Å². The van der Waals surface area contributed by atoms with Gasteiger partial charge in [0, 0.05) is 43.0 Å². The van der Waals surface area contributed by atoms with E-state index < -0.39 is 12.1 Å². The zero-order valence-corrected chi connectivity index (χ0v) is 29.0. The number of alkyl carbamates (subject to hydrolysis) is 1. The Morgan fingerprint density at radius 1 is 0.837 bits per heavy atom. The van der Waals surface area contributed by atoms with Crippen molar-refractivity contribution in [3.05, 3.63) is 108 Å². The van der Waals surface area contributed by atoms with Crippen LogP contribution in [-0.2, 0) is 27.4 Å². The van der Waals surface area contributed by atoms with Crippen LogP contribution < -0.4 is 5.32 Å². The highest BCUT2D eigenvalue weighted by atomic mass is 32.2. The summed E-state index contributed by atoms with van der Waals surface area (Å²) in [5.74, 6) is 1.75. The standard InChI is InChI=1S/C40H44N4O4S/c1-3-27-9-13-30(14-10-27)31-17-19-32(20-18-31)34-22-41-37(42-23-34)33-15-11-28(12-16-33)21-36(38(45)44-24-35(25-44)39(46)49-2)43-40(47)48-26-29-7-5-4-6-8-29/h4-8,11-12,15-20,22-23,27,30,35-36H,3,9-10,13-14,21,24-26H2,1-2H3,(H,43,47)/t27?,30?,36-/m0/s1. The lowest BCUT2D eigenvalue weighted by Crippen LogP contribution is -2.59. The Bertz CT molecular complexity index is 1700. The van der Waals surface area contributed by atoms with Gasteiger partial charge in [-0.2, -0.15) is 0 Å². The SMILES string of the molecule is CCC1CCC(c2ccc(-c3cnc(-c4ccc(C[C@H](NC(=O)OCc5ccccc5)C(=O)N5CC(C(=O)SC)C5)cc4)nc3)cc2)CC1. The van der Waals surface area contributed by atoms with E-state index in [2.05, 4.69) is 46.5 Å². The molecule has 1 aliphatic heterocycles. The number of amides is 2. The summed E-state index contributed by atoms with van der Waals surface area (Å²) in [6.45, 7) is 3.11. The van der Waals surface area contributed by atoms with Crippen molar-refractivity contribution in [2.45, 2.75) is 64.0 Å². The lowest BCUT2D eigenvalue weighted by Gasteiger charge is -2.39. The summed E-state index contributed by atoms with van der Waals surface area (Å²) in [5.41, 5.74) is 6.07. The Kier molecular flexibility index (Phi) is 11.4. The van der Waals surface area contributed by atoms with Crippen molar-refractivity contribution >= 4 is 28.9 Å². The van der Waals surface area contributed by atoms with Gasteiger partial charge in [0.2, 0.25) is 5.91 Å². The minimum absolute atomic E-state index is 0.0688. The van der Waals surface area contributed by atoms with E-state index in [0.29, 0.717) is 24.8 Å². The lowest BCUT2D eigenvalue weighted by atomic mass is 9.78. The summed E-state index contributed by atoms with van der Waals surface area (Å²) in [7, 11) is 0. The Hall–Kier alpha value is -4.50. The van der Waals surface area contributed by atoms with Crippen LogP contribution >= 0.6 is 11.8 Å². The molecule has 0 bridgehead atoms. The van der Waals surface area contributed by atoms with Gasteiger partial charge < -0.3 is 15.0 Å². The molecule has 6 rings (SSSR count). The summed E-state index contributed by atoms with van der Waals surface area (Å²) in [4.78, 5) is 49.2. The van der Waals surface area contributed by atoms with Crippen LogP contribution in [0, 0.1) is 11.8 Å². The number of thioether (sulfide) groups is 1. The second-order valence-electron chi connectivity index (χ2n) is 13.2. The van der Waals surface area contributed by atoms with Gasteiger partial charge in [-0.25, -0.2) is 14.8 Å². The topological polar surface area (TPSA) is 101 Å². The van der Waals surface area contributed by atoms with Gasteiger partial charge >= 0.3 is 6.09 Å². The van der Waals surface area contributed by atoms with Gasteiger partial charge in [-0.05, 0) is 66.0 Å². The van der Waals surface area contributed by atoms with Crippen LogP contribution in [0.15, 0.2) is 91.3 Å². The molecule has 1 N–H and O–H groups in total. The predicted molar refractivity (Wildman–Crippen MR) is 194 cm³/mol. The number of hydrogen-bond donors (Lipinski definition) is 1. The first kappa shape index (κ1) is 34.4. The molecule has 0 unspecified atom stereocenters. The van der Waals surface area contributed by atoms with E-state index in [1.54, 1.807) is 11.2 Å². The van der Waals surface area contributed by atoms with Crippen molar-refractivity contribution in [1.82, 2.24) is 20.2 Å². The van der Waals surface area contributed by atoms with E-state index in [1.165, 1.54) is 49.4 Å². The summed E-state index contributed by atoms with van der Waals surface area (Å²) in [5, 5.41) is 2.84. The Morgan fingerprint density at radius 3 is 2.12 bits per heavy atom. The quantitative estimate of drug-likeness (QED) is 0.174. The van der Waals surface area contributed by atoms with Crippen LogP contribution in [0.2, 0.25) is 0 Å². The third-order valence-electron chi connectivity index (χ3n) is 9.97. The fourth-order valence-corrected chi connectivity index (χ4v) is 7.29. The number of hydrogen-bond acceptors (Lipinski definition) is 7. The van der Waals surface area contributed by atoms with Gasteiger partial charge in [0.25, 0.3) is 0 Å². The average Bonchev–Trinajstić information content (AvgIpc) is 3.14. The van der Waals surface area contributed by atoms with Crippen molar-refractivity contribution in [3.63, 3.8) is 0 Å². The van der Waals surface area contributed by atoms with Gasteiger partial charge in [-0.1, -0.05) is 104 Å². The highest BCUT2D eigenvalue weighted by Gasteiger charge is 2.38. The van der Waals surface area contributed by atoms with Gasteiger partial charge in [0.05, 0.1) is 5.92 Å². The van der Waals surface area contributed by atoms with E-state index in [4.69, 9.17) is 4.74 Å². The molecule has 2 fully saturated rings. The number of rotatable bonds is 11. The molecule has 0 spiro atoms. The third-order valence-corrected chi connectivity index (χ3v) is 10.7. The number of benzene rings is 3. The molecule has 4 aromatic rings. The summed E-state index contributed by atoms with van der Waals surface area (Å²) >= 11 is 1.18. The first-order valence-electron chi connectivity index (χ1n) is 17.3. The average molecular weight is 677 g/mol. The van der Waals surface area contributed by atoms with Crippen molar-refractivity contribution in [2.75, 3.05) is 19.3 Å². The molecular weight excluding hydrogens is 633 g/mol. The van der Waals surface area contributed by atoms with Crippen LogP contribution in [0.1, 0.15) is 61.6 Å². The summed E-state index contributed by atoms with van der Waals surface area (Å²) < 4.78 is 5.42. The first-order chi connectivity index (χ1) is 23.9. The van der Waals surface area contributed by atoms with Gasteiger partial charge in [0.15, 0.2) is 10.9 Å². The highest BCUT2D eigenvalue weighted by molar-refractivity contribution is 8.13. The summed E-state index contributed by atoms with van der Waals surface area (Å²) in [6, 6.07) is 25.1. The van der Waals surface area contributed by atoms with E-state index >= 15 is 0 Å². The number of likely N-dealkylation sites (tertiary alicyclic amines) is 1. The van der Waals surface area contributed by atoms with E-state index in [-0.39, 0.29) is 30.0 Å². The molecule has 1 saturated carbocycles. The Balaban J connectivity index is 1.08. The number of ether oxygens (including phenoxy) is 1. The lowest BCUT2D eigenvalue weighted by molar-refractivity contribution is -0.141. The zero-order valence-electron chi connectivity index (χ0n) is 28.2. The fourth-order valence-electron chi connectivity index (χ4n) is 6.81. The van der Waals surface area contributed by atoms with Gasteiger partial charge in [0.1, 0.15) is 12.6 Å². The minimum atomic E-state index is -0.840. The van der Waals surface area contributed by atoms with Crippen LogP contribution in [0.3, 0.4) is 0 Å². The van der Waals surface area contributed by atoms with Crippen molar-refractivity contribution in [2.24, 2.45) is 11.8 Å². The molecule has 1 aromatic heterocycles. The van der Waals surface area contributed by atoms with Gasteiger partial charge in [-0.3, -0.25) is 9.59 Å². The molecule has 0 radical (unpaired) electrons. The van der Waals surface area contributed by atoms with Crippen molar-refractivity contribution < 1.29 is 19.1 Å². The zero-order chi connectivity index (χ0) is 34.2. The normalized spacial score (nSPS) is 18.3. The van der Waals surface area contributed by atoms with Crippen molar-refractivity contribution in [1.29, 1.82) is 0 Å². The predicted octanol–water partition coefficient (Wildman–Crippen LogP) is 7.68. The molecule has 2 aliphatic rings. The van der Waals surface area contributed by atoms with E-state index in [1.807, 2.05) is 67.0 Å². The second kappa shape index (κ2) is 16.3. The van der Waals surface area contributed by atoms with Gasteiger partial charge in [-0.15, -0.1) is 0 Å². The maximum atomic E-state index is 13.5. The molecule has 2 amide bonds. The Morgan fingerprint density at radius 2 is 1.49 bits per heavy atom. The van der Waals surface area contributed by atoms with Crippen LogP contribution in [0.4, 0.5) is 4.79 Å². The van der Waals surface area contributed by atoms with Crippen LogP contribution in [0.25, 0.3) is 22.5 Å². The molecule has 49 heavy (non-hydrogen) atoms. The Labute approximate surface area is 293 Å². The number of carbonyl (C=O) groups excluding carboxylic acids is 3. The van der Waals surface area contributed by atoms with Crippen LogP contribution in [-0.4, -0.2) is 57.4 Å². The molecule has 1 aliphatic carbocycles. The fraction of sp³-hybridized carbons (Fsp3) is 0.375. The smallest absolute Gasteiger partial charge is 0.408 e. The number of nitrogens with zero attached hydrogens (tertiary/aromatic N) is 3. The third kappa shape index (κ3) is 8.76. The van der Waals surface area contributed by atoms with E-state index in [9.17, 15) is 14.4 Å². The molecule has 2 heterocycles. The second-order valence-corrected chi connectivity index (χ2v) is 14.0. The monoisotopic (exact) mass is 676 g/mol. The largest absolute Gasteiger partial charge is 0.445 e. The molecule has 3 aromatic carbocycles. The first-order valence-corrected chi connectivity index (χ1v) is 18.5. The van der Waals surface area contributed by atoms with Crippen LogP contribution in [0.5, 0.6) is 0 Å². The molecule has 1 atom stereocenters. The highest BCUT2D eigenvalue weighted by Crippen LogP contribution is 2.37. The maximum Gasteiger partial charge on any atom is 0.408 e. The molecule has 254 valence electrons.